The summed E-state index contributed by atoms with van der Waals surface area (Å²) in [5.74, 6) is 0.948. The molecule has 0 spiro atoms. The van der Waals surface area contributed by atoms with Crippen LogP contribution >= 0.6 is 0 Å². The first-order valence-electron chi connectivity index (χ1n) is 6.80. The number of likely N-dealkylation sites (tertiary alicyclic amines) is 1. The minimum atomic E-state index is 0.431. The SMILES string of the molecule is O=CNC1CCN(CC2CCCCC2)CC1. The average Bonchev–Trinajstić information content (AvgIpc) is 2.33. The van der Waals surface area contributed by atoms with Gasteiger partial charge in [-0.25, -0.2) is 0 Å². The van der Waals surface area contributed by atoms with Crippen LogP contribution in [0, 0.1) is 5.92 Å². The van der Waals surface area contributed by atoms with Gasteiger partial charge in [0.15, 0.2) is 0 Å². The molecule has 1 aliphatic carbocycles. The molecule has 0 aromatic rings. The highest BCUT2D eigenvalue weighted by Gasteiger charge is 2.22. The Kier molecular flexibility index (Phi) is 4.64. The molecule has 0 atom stereocenters. The molecule has 1 heterocycles. The maximum absolute atomic E-state index is 10.3. The fourth-order valence-corrected chi connectivity index (χ4v) is 3.11. The first-order valence-corrected chi connectivity index (χ1v) is 6.80. The van der Waals surface area contributed by atoms with Crippen molar-refractivity contribution in [1.82, 2.24) is 10.2 Å². The molecular weight excluding hydrogens is 200 g/mol. The van der Waals surface area contributed by atoms with E-state index in [1.165, 1.54) is 51.7 Å². The monoisotopic (exact) mass is 224 g/mol. The van der Waals surface area contributed by atoms with E-state index in [2.05, 4.69) is 10.2 Å². The minimum Gasteiger partial charge on any atom is -0.356 e. The van der Waals surface area contributed by atoms with Crippen LogP contribution in [-0.2, 0) is 4.79 Å². The van der Waals surface area contributed by atoms with Crippen LogP contribution in [0.2, 0.25) is 0 Å². The van der Waals surface area contributed by atoms with Crippen LogP contribution in [0.25, 0.3) is 0 Å². The maximum atomic E-state index is 10.3. The summed E-state index contributed by atoms with van der Waals surface area (Å²) < 4.78 is 0. The molecule has 1 saturated heterocycles. The van der Waals surface area contributed by atoms with Crippen LogP contribution < -0.4 is 5.32 Å². The molecule has 0 radical (unpaired) electrons. The predicted octanol–water partition coefficient (Wildman–Crippen LogP) is 1.78. The van der Waals surface area contributed by atoms with Crippen molar-refractivity contribution in [2.75, 3.05) is 19.6 Å². The van der Waals surface area contributed by atoms with Crippen LogP contribution in [0.3, 0.4) is 0 Å². The molecule has 0 bridgehead atoms. The third-order valence-electron chi connectivity index (χ3n) is 4.13. The highest BCUT2D eigenvalue weighted by Crippen LogP contribution is 2.25. The van der Waals surface area contributed by atoms with Gasteiger partial charge in [0.1, 0.15) is 0 Å². The van der Waals surface area contributed by atoms with Gasteiger partial charge in [-0.3, -0.25) is 4.79 Å². The van der Waals surface area contributed by atoms with Crippen molar-refractivity contribution >= 4 is 6.41 Å². The molecule has 0 aromatic heterocycles. The van der Waals surface area contributed by atoms with Crippen molar-refractivity contribution in [2.45, 2.75) is 51.0 Å². The van der Waals surface area contributed by atoms with Gasteiger partial charge in [0.05, 0.1) is 0 Å². The van der Waals surface area contributed by atoms with Gasteiger partial charge in [-0.1, -0.05) is 19.3 Å². The summed E-state index contributed by atoms with van der Waals surface area (Å²) >= 11 is 0. The molecule has 2 fully saturated rings. The largest absolute Gasteiger partial charge is 0.356 e. The smallest absolute Gasteiger partial charge is 0.207 e. The van der Waals surface area contributed by atoms with Crippen molar-refractivity contribution in [2.24, 2.45) is 5.92 Å². The van der Waals surface area contributed by atoms with E-state index in [1.54, 1.807) is 0 Å². The summed E-state index contributed by atoms with van der Waals surface area (Å²) in [5.41, 5.74) is 0. The van der Waals surface area contributed by atoms with Crippen molar-refractivity contribution in [3.63, 3.8) is 0 Å². The predicted molar refractivity (Wildman–Crippen MR) is 65.2 cm³/mol. The van der Waals surface area contributed by atoms with Gasteiger partial charge in [0.25, 0.3) is 0 Å². The number of rotatable bonds is 4. The maximum Gasteiger partial charge on any atom is 0.207 e. The lowest BCUT2D eigenvalue weighted by atomic mass is 9.88. The summed E-state index contributed by atoms with van der Waals surface area (Å²) in [6.07, 6.45) is 10.3. The summed E-state index contributed by atoms with van der Waals surface area (Å²) in [4.78, 5) is 12.9. The molecule has 1 amide bonds. The summed E-state index contributed by atoms with van der Waals surface area (Å²) in [7, 11) is 0. The molecule has 0 aromatic carbocycles. The Balaban J connectivity index is 1.66. The van der Waals surface area contributed by atoms with Crippen molar-refractivity contribution < 1.29 is 4.79 Å². The van der Waals surface area contributed by atoms with Gasteiger partial charge < -0.3 is 10.2 Å². The number of carbonyl (C=O) groups excluding carboxylic acids is 1. The lowest BCUT2D eigenvalue weighted by molar-refractivity contribution is -0.110. The van der Waals surface area contributed by atoms with E-state index in [9.17, 15) is 4.79 Å². The lowest BCUT2D eigenvalue weighted by Crippen LogP contribution is -2.43. The zero-order valence-electron chi connectivity index (χ0n) is 10.2. The first-order chi connectivity index (χ1) is 7.88. The van der Waals surface area contributed by atoms with E-state index in [0.717, 1.165) is 25.2 Å². The Bertz CT molecular complexity index is 206. The van der Waals surface area contributed by atoms with Gasteiger partial charge in [0, 0.05) is 25.7 Å². The summed E-state index contributed by atoms with van der Waals surface area (Å²) in [5, 5.41) is 2.90. The Morgan fingerprint density at radius 3 is 2.38 bits per heavy atom. The zero-order chi connectivity index (χ0) is 11.2. The number of amides is 1. The van der Waals surface area contributed by atoms with Gasteiger partial charge in [0.2, 0.25) is 6.41 Å². The Morgan fingerprint density at radius 2 is 1.75 bits per heavy atom. The second-order valence-corrected chi connectivity index (χ2v) is 5.36. The summed E-state index contributed by atoms with van der Waals surface area (Å²) in [6.45, 7) is 3.64. The highest BCUT2D eigenvalue weighted by atomic mass is 16.1. The molecule has 16 heavy (non-hydrogen) atoms. The standard InChI is InChI=1S/C13H24N2O/c16-11-14-13-6-8-15(9-7-13)10-12-4-2-1-3-5-12/h11-13H,1-10H2,(H,14,16). The van der Waals surface area contributed by atoms with Crippen molar-refractivity contribution in [3.8, 4) is 0 Å². The number of nitrogens with one attached hydrogen (secondary N) is 1. The van der Waals surface area contributed by atoms with Gasteiger partial charge >= 0.3 is 0 Å². The van der Waals surface area contributed by atoms with Gasteiger partial charge in [-0.05, 0) is 31.6 Å². The van der Waals surface area contributed by atoms with Crippen molar-refractivity contribution in [3.05, 3.63) is 0 Å². The number of hydrogen-bond donors (Lipinski definition) is 1. The first kappa shape index (κ1) is 11.9. The van der Waals surface area contributed by atoms with E-state index in [-0.39, 0.29) is 0 Å². The third kappa shape index (κ3) is 3.48. The highest BCUT2D eigenvalue weighted by molar-refractivity contribution is 5.46. The van der Waals surface area contributed by atoms with Crippen LogP contribution in [-0.4, -0.2) is 37.0 Å². The molecule has 3 nitrogen and oxygen atoms in total. The van der Waals surface area contributed by atoms with Crippen LogP contribution in [0.15, 0.2) is 0 Å². The number of hydrogen-bond acceptors (Lipinski definition) is 2. The molecule has 92 valence electrons. The second kappa shape index (κ2) is 6.24. The molecule has 1 aliphatic heterocycles. The fraction of sp³-hybridized carbons (Fsp3) is 0.923. The average molecular weight is 224 g/mol. The molecule has 2 rings (SSSR count). The second-order valence-electron chi connectivity index (χ2n) is 5.36. The van der Waals surface area contributed by atoms with Crippen LogP contribution in [0.1, 0.15) is 44.9 Å². The fourth-order valence-electron chi connectivity index (χ4n) is 3.11. The normalized spacial score (nSPS) is 25.5. The molecule has 0 unspecified atom stereocenters. The third-order valence-corrected chi connectivity index (χ3v) is 4.13. The van der Waals surface area contributed by atoms with E-state index >= 15 is 0 Å². The number of piperidine rings is 1. The van der Waals surface area contributed by atoms with Crippen LogP contribution in [0.4, 0.5) is 0 Å². The lowest BCUT2D eigenvalue weighted by Gasteiger charge is -2.35. The molecule has 2 aliphatic rings. The Labute approximate surface area is 98.6 Å². The Hall–Kier alpha value is -0.570. The van der Waals surface area contributed by atoms with Gasteiger partial charge in [-0.15, -0.1) is 0 Å². The van der Waals surface area contributed by atoms with E-state index in [0.29, 0.717) is 6.04 Å². The van der Waals surface area contributed by atoms with Gasteiger partial charge in [-0.2, -0.15) is 0 Å². The van der Waals surface area contributed by atoms with E-state index < -0.39 is 0 Å². The zero-order valence-corrected chi connectivity index (χ0v) is 10.2. The van der Waals surface area contributed by atoms with Crippen LogP contribution in [0.5, 0.6) is 0 Å². The number of nitrogens with zero attached hydrogens (tertiary/aromatic N) is 1. The Morgan fingerprint density at radius 1 is 1.06 bits per heavy atom. The quantitative estimate of drug-likeness (QED) is 0.738. The topological polar surface area (TPSA) is 32.3 Å². The van der Waals surface area contributed by atoms with E-state index in [1.807, 2.05) is 0 Å². The molecule has 3 heteroatoms. The van der Waals surface area contributed by atoms with E-state index in [4.69, 9.17) is 0 Å². The summed E-state index contributed by atoms with van der Waals surface area (Å²) in [6, 6.07) is 0.431. The minimum absolute atomic E-state index is 0.431. The molecule has 1 N–H and O–H groups in total. The molecule has 1 saturated carbocycles. The van der Waals surface area contributed by atoms with Crippen molar-refractivity contribution in [1.29, 1.82) is 0 Å². The molecular formula is C13H24N2O. The number of carbonyl (C=O) groups is 1.